The Morgan fingerprint density at radius 2 is 2.14 bits per heavy atom. The van der Waals surface area contributed by atoms with Gasteiger partial charge in [0.15, 0.2) is 0 Å². The Morgan fingerprint density at radius 1 is 1.33 bits per heavy atom. The number of nitrogens with one attached hydrogen (secondary N) is 1. The molecule has 2 fully saturated rings. The fourth-order valence-corrected chi connectivity index (χ4v) is 3.28. The van der Waals surface area contributed by atoms with Crippen LogP contribution in [0.25, 0.3) is 0 Å². The summed E-state index contributed by atoms with van der Waals surface area (Å²) in [4.78, 5) is 14.7. The number of hydrogen-bond acceptors (Lipinski definition) is 2. The molecule has 1 aromatic carbocycles. The van der Waals surface area contributed by atoms with Crippen LogP contribution in [0.2, 0.25) is 0 Å². The van der Waals surface area contributed by atoms with E-state index in [0.717, 1.165) is 32.4 Å². The van der Waals surface area contributed by atoms with Gasteiger partial charge in [0.05, 0.1) is 4.47 Å². The molecule has 0 radical (unpaired) electrons. The lowest BCUT2D eigenvalue weighted by Gasteiger charge is -2.31. The molecule has 5 heteroatoms. The Labute approximate surface area is 133 Å². The van der Waals surface area contributed by atoms with Gasteiger partial charge in [0.25, 0.3) is 5.91 Å². The minimum Gasteiger partial charge on any atom is -0.334 e. The normalized spacial score (nSPS) is 22.1. The van der Waals surface area contributed by atoms with Crippen molar-refractivity contribution in [3.8, 4) is 0 Å². The third kappa shape index (κ3) is 3.64. The summed E-state index contributed by atoms with van der Waals surface area (Å²) >= 11 is 3.16. The van der Waals surface area contributed by atoms with Crippen molar-refractivity contribution in [2.45, 2.75) is 44.2 Å². The maximum atomic E-state index is 13.3. The summed E-state index contributed by atoms with van der Waals surface area (Å²) in [6.45, 7) is 1.80. The van der Waals surface area contributed by atoms with Crippen LogP contribution < -0.4 is 5.32 Å². The first-order chi connectivity index (χ1) is 10.1. The van der Waals surface area contributed by atoms with Crippen LogP contribution in [0.15, 0.2) is 22.7 Å². The molecule has 21 heavy (non-hydrogen) atoms. The zero-order chi connectivity index (χ0) is 14.8. The van der Waals surface area contributed by atoms with E-state index < -0.39 is 0 Å². The standard InChI is InChI=1S/C16H20BrFN2O/c17-14-9-11(4-7-15(14)18)16(21)20(13-5-6-13)10-12-3-1-2-8-19-12/h4,7,9,12-13,19H,1-3,5-6,8,10H2. The molecule has 1 amide bonds. The van der Waals surface area contributed by atoms with Gasteiger partial charge in [-0.2, -0.15) is 0 Å². The van der Waals surface area contributed by atoms with Crippen molar-refractivity contribution in [3.05, 3.63) is 34.1 Å². The SMILES string of the molecule is O=C(c1ccc(F)c(Br)c1)N(CC1CCCCN1)C1CC1. The predicted molar refractivity (Wildman–Crippen MR) is 83.8 cm³/mol. The summed E-state index contributed by atoms with van der Waals surface area (Å²) in [5.74, 6) is -0.316. The molecule has 1 aliphatic carbocycles. The minimum absolute atomic E-state index is 0.0190. The molecule has 1 atom stereocenters. The van der Waals surface area contributed by atoms with Crippen molar-refractivity contribution in [2.75, 3.05) is 13.1 Å². The van der Waals surface area contributed by atoms with E-state index in [0.29, 0.717) is 22.1 Å². The maximum Gasteiger partial charge on any atom is 0.254 e. The molecule has 1 N–H and O–H groups in total. The molecule has 114 valence electrons. The third-order valence-electron chi connectivity index (χ3n) is 4.24. The third-order valence-corrected chi connectivity index (χ3v) is 4.85. The summed E-state index contributed by atoms with van der Waals surface area (Å²) in [5.41, 5.74) is 0.561. The second-order valence-electron chi connectivity index (χ2n) is 5.96. The van der Waals surface area contributed by atoms with E-state index in [2.05, 4.69) is 21.2 Å². The van der Waals surface area contributed by atoms with E-state index >= 15 is 0 Å². The molecule has 0 aromatic heterocycles. The highest BCUT2D eigenvalue weighted by molar-refractivity contribution is 9.10. The molecule has 1 aromatic rings. The Morgan fingerprint density at radius 3 is 2.76 bits per heavy atom. The van der Waals surface area contributed by atoms with Crippen molar-refractivity contribution in [2.24, 2.45) is 0 Å². The van der Waals surface area contributed by atoms with Crippen LogP contribution in [0.3, 0.4) is 0 Å². The average Bonchev–Trinajstić information content (AvgIpc) is 3.33. The second kappa shape index (κ2) is 6.44. The van der Waals surface area contributed by atoms with Crippen molar-refractivity contribution >= 4 is 21.8 Å². The molecule has 0 spiro atoms. The van der Waals surface area contributed by atoms with E-state index in [9.17, 15) is 9.18 Å². The average molecular weight is 355 g/mol. The summed E-state index contributed by atoms with van der Waals surface area (Å²) in [6, 6.07) is 5.27. The molecule has 3 nitrogen and oxygen atoms in total. The summed E-state index contributed by atoms with van der Waals surface area (Å²) in [5, 5.41) is 3.50. The first-order valence-electron chi connectivity index (χ1n) is 7.64. The van der Waals surface area contributed by atoms with E-state index in [1.165, 1.54) is 18.9 Å². The summed E-state index contributed by atoms with van der Waals surface area (Å²) in [6.07, 6.45) is 5.75. The fourth-order valence-electron chi connectivity index (χ4n) is 2.90. The molecular formula is C16H20BrFN2O. The Kier molecular flexibility index (Phi) is 4.60. The number of halogens is 2. The monoisotopic (exact) mass is 354 g/mol. The molecular weight excluding hydrogens is 335 g/mol. The number of carbonyl (C=O) groups is 1. The lowest BCUT2D eigenvalue weighted by Crippen LogP contribution is -2.46. The van der Waals surface area contributed by atoms with Crippen molar-refractivity contribution in [1.82, 2.24) is 10.2 Å². The molecule has 1 saturated heterocycles. The number of hydrogen-bond donors (Lipinski definition) is 1. The Hall–Kier alpha value is -0.940. The van der Waals surface area contributed by atoms with Crippen LogP contribution >= 0.6 is 15.9 Å². The Balaban J connectivity index is 1.73. The molecule has 2 aliphatic rings. The topological polar surface area (TPSA) is 32.3 Å². The van der Waals surface area contributed by atoms with Gasteiger partial charge in [-0.1, -0.05) is 6.42 Å². The lowest BCUT2D eigenvalue weighted by molar-refractivity contribution is 0.0718. The first-order valence-corrected chi connectivity index (χ1v) is 8.44. The number of piperidine rings is 1. The van der Waals surface area contributed by atoms with Crippen molar-refractivity contribution < 1.29 is 9.18 Å². The minimum atomic E-state index is -0.335. The number of nitrogens with zero attached hydrogens (tertiary/aromatic N) is 1. The van der Waals surface area contributed by atoms with Gasteiger partial charge in [-0.3, -0.25) is 4.79 Å². The van der Waals surface area contributed by atoms with Gasteiger partial charge in [0, 0.05) is 24.2 Å². The molecule has 1 unspecified atom stereocenters. The number of carbonyl (C=O) groups excluding carboxylic acids is 1. The summed E-state index contributed by atoms with van der Waals surface area (Å²) in [7, 11) is 0. The summed E-state index contributed by atoms with van der Waals surface area (Å²) < 4.78 is 13.7. The maximum absolute atomic E-state index is 13.3. The molecule has 0 bridgehead atoms. The largest absolute Gasteiger partial charge is 0.334 e. The van der Waals surface area contributed by atoms with Gasteiger partial charge in [-0.05, 0) is 66.4 Å². The smallest absolute Gasteiger partial charge is 0.254 e. The highest BCUT2D eigenvalue weighted by Crippen LogP contribution is 2.30. The van der Waals surface area contributed by atoms with Crippen LogP contribution in [0.1, 0.15) is 42.5 Å². The van der Waals surface area contributed by atoms with Crippen LogP contribution in [0.4, 0.5) is 4.39 Å². The Bertz CT molecular complexity index is 527. The predicted octanol–water partition coefficient (Wildman–Crippen LogP) is 3.33. The van der Waals surface area contributed by atoms with Crippen LogP contribution in [0.5, 0.6) is 0 Å². The van der Waals surface area contributed by atoms with E-state index in [4.69, 9.17) is 0 Å². The molecule has 1 aliphatic heterocycles. The molecule has 1 saturated carbocycles. The number of amides is 1. The van der Waals surface area contributed by atoms with E-state index in [1.807, 2.05) is 4.90 Å². The van der Waals surface area contributed by atoms with Crippen molar-refractivity contribution in [3.63, 3.8) is 0 Å². The van der Waals surface area contributed by atoms with Gasteiger partial charge in [0.2, 0.25) is 0 Å². The lowest BCUT2D eigenvalue weighted by atomic mass is 10.0. The highest BCUT2D eigenvalue weighted by Gasteiger charge is 2.34. The van der Waals surface area contributed by atoms with Gasteiger partial charge in [-0.15, -0.1) is 0 Å². The zero-order valence-electron chi connectivity index (χ0n) is 11.9. The first kappa shape index (κ1) is 15.0. The zero-order valence-corrected chi connectivity index (χ0v) is 13.5. The fraction of sp³-hybridized carbons (Fsp3) is 0.562. The molecule has 1 heterocycles. The number of rotatable bonds is 4. The quantitative estimate of drug-likeness (QED) is 0.899. The van der Waals surface area contributed by atoms with Crippen molar-refractivity contribution in [1.29, 1.82) is 0 Å². The highest BCUT2D eigenvalue weighted by atomic mass is 79.9. The van der Waals surface area contributed by atoms with E-state index in [1.54, 1.807) is 12.1 Å². The van der Waals surface area contributed by atoms with Crippen LogP contribution in [-0.2, 0) is 0 Å². The van der Waals surface area contributed by atoms with E-state index in [-0.39, 0.29) is 11.7 Å². The van der Waals surface area contributed by atoms with Gasteiger partial charge < -0.3 is 10.2 Å². The second-order valence-corrected chi connectivity index (χ2v) is 6.82. The van der Waals surface area contributed by atoms with Gasteiger partial charge in [0.1, 0.15) is 5.82 Å². The van der Waals surface area contributed by atoms with Gasteiger partial charge >= 0.3 is 0 Å². The van der Waals surface area contributed by atoms with Crippen LogP contribution in [0, 0.1) is 5.82 Å². The van der Waals surface area contributed by atoms with Crippen LogP contribution in [-0.4, -0.2) is 36.0 Å². The van der Waals surface area contributed by atoms with Gasteiger partial charge in [-0.25, -0.2) is 4.39 Å². The number of benzene rings is 1. The molecule has 3 rings (SSSR count).